The van der Waals surface area contributed by atoms with Crippen LogP contribution < -0.4 is 9.47 Å². The first-order chi connectivity index (χ1) is 11.9. The number of hydrogen-bond acceptors (Lipinski definition) is 3. The normalized spacial score (nSPS) is 10.8. The molecule has 25 heavy (non-hydrogen) atoms. The van der Waals surface area contributed by atoms with Crippen LogP contribution in [0.1, 0.15) is 11.1 Å². The van der Waals surface area contributed by atoms with E-state index in [1.807, 2.05) is 0 Å². The molecule has 4 nitrogen and oxygen atoms in total. The summed E-state index contributed by atoms with van der Waals surface area (Å²) in [4.78, 5) is 13.8. The van der Waals surface area contributed by atoms with Crippen molar-refractivity contribution < 1.29 is 18.7 Å². The first kappa shape index (κ1) is 18.8. The molecule has 6 heteroatoms. The predicted molar refractivity (Wildman–Crippen MR) is 96.5 cm³/mol. The lowest BCUT2D eigenvalue weighted by Crippen LogP contribution is -2.24. The zero-order valence-electron chi connectivity index (χ0n) is 14.3. The van der Waals surface area contributed by atoms with Crippen LogP contribution >= 0.6 is 11.6 Å². The summed E-state index contributed by atoms with van der Waals surface area (Å²) < 4.78 is 23.3. The second-order valence-corrected chi connectivity index (χ2v) is 5.80. The quantitative estimate of drug-likeness (QED) is 0.723. The van der Waals surface area contributed by atoms with Crippen molar-refractivity contribution in [1.29, 1.82) is 0 Å². The number of halogens is 2. The highest BCUT2D eigenvalue weighted by atomic mass is 35.5. The number of carbonyl (C=O) groups is 1. The highest BCUT2D eigenvalue weighted by Gasteiger charge is 2.10. The zero-order chi connectivity index (χ0) is 18.4. The molecule has 0 heterocycles. The standard InChI is InChI=1S/C19H19ClFNO3/c1-22(12-13-4-7-15(21)8-5-13)18(23)9-6-14-10-16(20)19(25-3)17(11-14)24-2/h4-11H,12H2,1-3H3/b9-6+. The van der Waals surface area contributed by atoms with Gasteiger partial charge in [0.15, 0.2) is 11.5 Å². The third-order valence-electron chi connectivity index (χ3n) is 3.58. The minimum Gasteiger partial charge on any atom is -0.493 e. The Hall–Kier alpha value is -2.53. The summed E-state index contributed by atoms with van der Waals surface area (Å²) in [5.74, 6) is 0.445. The minimum atomic E-state index is -0.303. The van der Waals surface area contributed by atoms with Gasteiger partial charge in [0.1, 0.15) is 5.82 Å². The summed E-state index contributed by atoms with van der Waals surface area (Å²) in [5.41, 5.74) is 1.56. The van der Waals surface area contributed by atoms with Gasteiger partial charge in [-0.3, -0.25) is 4.79 Å². The van der Waals surface area contributed by atoms with Crippen LogP contribution in [0.25, 0.3) is 6.08 Å². The molecule has 0 N–H and O–H groups in total. The lowest BCUT2D eigenvalue weighted by atomic mass is 10.1. The number of rotatable bonds is 6. The molecule has 0 atom stereocenters. The molecule has 0 saturated heterocycles. The third-order valence-corrected chi connectivity index (χ3v) is 3.86. The fourth-order valence-corrected chi connectivity index (χ4v) is 2.57. The number of nitrogens with zero attached hydrogens (tertiary/aromatic N) is 1. The maximum absolute atomic E-state index is 12.9. The Labute approximate surface area is 151 Å². The van der Waals surface area contributed by atoms with E-state index in [1.165, 1.54) is 37.3 Å². The average molecular weight is 364 g/mol. The van der Waals surface area contributed by atoms with E-state index in [9.17, 15) is 9.18 Å². The minimum absolute atomic E-state index is 0.185. The number of carbonyl (C=O) groups excluding carboxylic acids is 1. The largest absolute Gasteiger partial charge is 0.493 e. The van der Waals surface area contributed by atoms with E-state index >= 15 is 0 Å². The molecule has 0 radical (unpaired) electrons. The molecule has 0 aliphatic carbocycles. The van der Waals surface area contributed by atoms with E-state index in [0.717, 1.165) is 5.56 Å². The Morgan fingerprint density at radius 1 is 1.20 bits per heavy atom. The third kappa shape index (κ3) is 4.97. The van der Waals surface area contributed by atoms with Gasteiger partial charge in [0.05, 0.1) is 19.2 Å². The van der Waals surface area contributed by atoms with Crippen molar-refractivity contribution in [2.75, 3.05) is 21.3 Å². The lowest BCUT2D eigenvalue weighted by molar-refractivity contribution is -0.125. The number of benzene rings is 2. The molecule has 0 unspecified atom stereocenters. The van der Waals surface area contributed by atoms with Gasteiger partial charge in [-0.2, -0.15) is 0 Å². The van der Waals surface area contributed by atoms with Gasteiger partial charge >= 0.3 is 0 Å². The van der Waals surface area contributed by atoms with Crippen LogP contribution in [0.5, 0.6) is 11.5 Å². The number of likely N-dealkylation sites (N-methyl/N-ethyl adjacent to an activating group) is 1. The van der Waals surface area contributed by atoms with E-state index in [0.29, 0.717) is 28.6 Å². The topological polar surface area (TPSA) is 38.8 Å². The van der Waals surface area contributed by atoms with Crippen LogP contribution in [0.2, 0.25) is 5.02 Å². The van der Waals surface area contributed by atoms with E-state index in [2.05, 4.69) is 0 Å². The molecule has 2 rings (SSSR count). The first-order valence-corrected chi connectivity index (χ1v) is 7.91. The first-order valence-electron chi connectivity index (χ1n) is 7.53. The summed E-state index contributed by atoms with van der Waals surface area (Å²) >= 11 is 6.15. The van der Waals surface area contributed by atoms with Crippen molar-refractivity contribution in [3.63, 3.8) is 0 Å². The van der Waals surface area contributed by atoms with Crippen LogP contribution in [0, 0.1) is 5.82 Å². The molecule has 2 aromatic rings. The molecule has 0 aromatic heterocycles. The summed E-state index contributed by atoms with van der Waals surface area (Å²) in [6, 6.07) is 9.46. The van der Waals surface area contributed by atoms with Crippen LogP contribution in [-0.2, 0) is 11.3 Å². The van der Waals surface area contributed by atoms with Gasteiger partial charge in [-0.25, -0.2) is 4.39 Å². The number of ether oxygens (including phenoxy) is 2. The predicted octanol–water partition coefficient (Wildman–Crippen LogP) is 4.17. The average Bonchev–Trinajstić information content (AvgIpc) is 2.60. The second-order valence-electron chi connectivity index (χ2n) is 5.39. The molecule has 0 aliphatic heterocycles. The fraction of sp³-hybridized carbons (Fsp3) is 0.211. The summed E-state index contributed by atoms with van der Waals surface area (Å²) in [6.45, 7) is 0.385. The van der Waals surface area contributed by atoms with Crippen molar-refractivity contribution in [3.8, 4) is 11.5 Å². The molecule has 0 saturated carbocycles. The Morgan fingerprint density at radius 3 is 2.48 bits per heavy atom. The van der Waals surface area contributed by atoms with Crippen molar-refractivity contribution in [2.45, 2.75) is 6.54 Å². The van der Waals surface area contributed by atoms with E-state index in [-0.39, 0.29) is 11.7 Å². The number of hydrogen-bond donors (Lipinski definition) is 0. The van der Waals surface area contributed by atoms with Crippen molar-refractivity contribution in [3.05, 3.63) is 64.4 Å². The van der Waals surface area contributed by atoms with E-state index < -0.39 is 0 Å². The fourth-order valence-electron chi connectivity index (χ4n) is 2.27. The molecular weight excluding hydrogens is 345 g/mol. The maximum Gasteiger partial charge on any atom is 0.246 e. The van der Waals surface area contributed by atoms with Crippen LogP contribution in [0.3, 0.4) is 0 Å². The molecule has 0 fully saturated rings. The van der Waals surface area contributed by atoms with Gasteiger partial charge in [0.25, 0.3) is 0 Å². The summed E-state index contributed by atoms with van der Waals surface area (Å²) in [7, 11) is 4.70. The van der Waals surface area contributed by atoms with Crippen LogP contribution in [0.4, 0.5) is 4.39 Å². The molecule has 0 bridgehead atoms. The number of methoxy groups -OCH3 is 2. The Balaban J connectivity index is 2.08. The molecule has 132 valence electrons. The monoisotopic (exact) mass is 363 g/mol. The molecule has 2 aromatic carbocycles. The number of amides is 1. The molecular formula is C19H19ClFNO3. The van der Waals surface area contributed by atoms with E-state index in [4.69, 9.17) is 21.1 Å². The molecule has 0 aliphatic rings. The van der Waals surface area contributed by atoms with Gasteiger partial charge in [0, 0.05) is 19.7 Å². The van der Waals surface area contributed by atoms with Crippen molar-refractivity contribution >= 4 is 23.6 Å². The van der Waals surface area contributed by atoms with Gasteiger partial charge in [-0.05, 0) is 41.5 Å². The maximum atomic E-state index is 12.9. The van der Waals surface area contributed by atoms with Crippen molar-refractivity contribution in [1.82, 2.24) is 4.90 Å². The van der Waals surface area contributed by atoms with Crippen molar-refractivity contribution in [2.24, 2.45) is 0 Å². The second kappa shape index (κ2) is 8.53. The summed E-state index contributed by atoms with van der Waals surface area (Å²) in [5, 5.41) is 0.397. The zero-order valence-corrected chi connectivity index (χ0v) is 15.0. The Bertz CT molecular complexity index is 775. The Morgan fingerprint density at radius 2 is 1.88 bits per heavy atom. The Kier molecular flexibility index (Phi) is 6.42. The molecule has 1 amide bonds. The smallest absolute Gasteiger partial charge is 0.246 e. The van der Waals surface area contributed by atoms with Gasteiger partial charge in [-0.1, -0.05) is 23.7 Å². The van der Waals surface area contributed by atoms with Crippen LogP contribution in [0.15, 0.2) is 42.5 Å². The highest BCUT2D eigenvalue weighted by Crippen LogP contribution is 2.36. The van der Waals surface area contributed by atoms with Crippen LogP contribution in [-0.4, -0.2) is 32.1 Å². The summed E-state index contributed by atoms with van der Waals surface area (Å²) in [6.07, 6.45) is 3.10. The van der Waals surface area contributed by atoms with E-state index in [1.54, 1.807) is 37.4 Å². The van der Waals surface area contributed by atoms with Gasteiger partial charge < -0.3 is 14.4 Å². The van der Waals surface area contributed by atoms with Gasteiger partial charge in [-0.15, -0.1) is 0 Å². The molecule has 0 spiro atoms. The SMILES string of the molecule is COc1cc(/C=C/C(=O)N(C)Cc2ccc(F)cc2)cc(Cl)c1OC. The van der Waals surface area contributed by atoms with Gasteiger partial charge in [0.2, 0.25) is 5.91 Å². The highest BCUT2D eigenvalue weighted by molar-refractivity contribution is 6.32. The lowest BCUT2D eigenvalue weighted by Gasteiger charge is -2.15.